The molecule has 0 atom stereocenters. The third kappa shape index (κ3) is 1.50. The Morgan fingerprint density at radius 3 is 2.67 bits per heavy atom. The molecule has 0 aliphatic carbocycles. The molecule has 2 aromatic rings. The van der Waals surface area contributed by atoms with Gasteiger partial charge in [-0.25, -0.2) is 0 Å². The Hall–Kier alpha value is -2.10. The summed E-state index contributed by atoms with van der Waals surface area (Å²) in [5, 5.41) is 13.9. The predicted molar refractivity (Wildman–Crippen MR) is 57.6 cm³/mol. The second-order valence-corrected chi connectivity index (χ2v) is 3.11. The van der Waals surface area contributed by atoms with E-state index in [1.54, 1.807) is 25.3 Å². The number of ether oxygens (including phenoxy) is 1. The minimum absolute atomic E-state index is 0.0377. The van der Waals surface area contributed by atoms with Crippen molar-refractivity contribution in [1.82, 2.24) is 0 Å². The van der Waals surface area contributed by atoms with Gasteiger partial charge in [-0.2, -0.15) is 0 Å². The highest BCUT2D eigenvalue weighted by Gasteiger charge is 2.07. The van der Waals surface area contributed by atoms with E-state index in [2.05, 4.69) is 5.18 Å². The van der Waals surface area contributed by atoms with Gasteiger partial charge >= 0.3 is 0 Å². The molecule has 1 N–H and O–H groups in total. The molecule has 2 rings (SSSR count). The summed E-state index contributed by atoms with van der Waals surface area (Å²) in [6, 6.07) is 8.47. The highest BCUT2D eigenvalue weighted by Crippen LogP contribution is 2.36. The molecule has 0 heterocycles. The molecule has 76 valence electrons. The summed E-state index contributed by atoms with van der Waals surface area (Å²) in [4.78, 5) is 10.4. The highest BCUT2D eigenvalue weighted by molar-refractivity contribution is 5.93. The molecule has 0 bridgehead atoms. The Morgan fingerprint density at radius 1 is 1.27 bits per heavy atom. The van der Waals surface area contributed by atoms with E-state index >= 15 is 0 Å². The first kappa shape index (κ1) is 9.45. The average Bonchev–Trinajstić information content (AvgIpc) is 2.29. The molecule has 15 heavy (non-hydrogen) atoms. The van der Waals surface area contributed by atoms with E-state index in [-0.39, 0.29) is 11.4 Å². The quantitative estimate of drug-likeness (QED) is 0.763. The van der Waals surface area contributed by atoms with E-state index in [1.165, 1.54) is 6.07 Å². The summed E-state index contributed by atoms with van der Waals surface area (Å²) in [5.74, 6) is 0.516. The summed E-state index contributed by atoms with van der Waals surface area (Å²) >= 11 is 0. The largest absolute Gasteiger partial charge is 0.505 e. The van der Waals surface area contributed by atoms with Gasteiger partial charge in [0.2, 0.25) is 0 Å². The maximum Gasteiger partial charge on any atom is 0.152 e. The predicted octanol–water partition coefficient (Wildman–Crippen LogP) is 2.95. The van der Waals surface area contributed by atoms with Crippen molar-refractivity contribution < 1.29 is 9.84 Å². The van der Waals surface area contributed by atoms with Crippen LogP contribution in [0.1, 0.15) is 0 Å². The molecule has 0 amide bonds. The first-order valence-corrected chi connectivity index (χ1v) is 4.39. The Balaban J connectivity index is 2.77. The minimum Gasteiger partial charge on any atom is -0.505 e. The molecule has 0 aliphatic heterocycles. The number of nitroso groups, excluding NO2 is 1. The van der Waals surface area contributed by atoms with Crippen molar-refractivity contribution in [3.05, 3.63) is 35.2 Å². The van der Waals surface area contributed by atoms with Crippen LogP contribution >= 0.6 is 0 Å². The molecule has 0 spiro atoms. The van der Waals surface area contributed by atoms with Crippen LogP contribution in [-0.2, 0) is 0 Å². The van der Waals surface area contributed by atoms with Crippen LogP contribution in [-0.4, -0.2) is 12.2 Å². The van der Waals surface area contributed by atoms with E-state index in [4.69, 9.17) is 4.74 Å². The van der Waals surface area contributed by atoms with Crippen molar-refractivity contribution in [3.8, 4) is 11.5 Å². The van der Waals surface area contributed by atoms with Gasteiger partial charge in [-0.05, 0) is 28.8 Å². The number of nitrogens with zero attached hydrogens (tertiary/aromatic N) is 1. The van der Waals surface area contributed by atoms with Crippen molar-refractivity contribution in [3.63, 3.8) is 0 Å². The van der Waals surface area contributed by atoms with E-state index < -0.39 is 0 Å². The third-order valence-electron chi connectivity index (χ3n) is 2.28. The fourth-order valence-electron chi connectivity index (χ4n) is 1.47. The van der Waals surface area contributed by atoms with Crippen LogP contribution in [0.5, 0.6) is 11.5 Å². The Labute approximate surface area is 86.1 Å². The van der Waals surface area contributed by atoms with Gasteiger partial charge in [0.05, 0.1) is 7.11 Å². The molecule has 0 aliphatic rings. The Morgan fingerprint density at radius 2 is 2.00 bits per heavy atom. The summed E-state index contributed by atoms with van der Waals surface area (Å²) in [6.45, 7) is 0. The first-order chi connectivity index (χ1) is 7.26. The van der Waals surface area contributed by atoms with Gasteiger partial charge in [0.1, 0.15) is 11.4 Å². The molecule has 0 aromatic heterocycles. The van der Waals surface area contributed by atoms with Crippen molar-refractivity contribution in [2.24, 2.45) is 5.18 Å². The molecular weight excluding hydrogens is 194 g/mol. The first-order valence-electron chi connectivity index (χ1n) is 4.39. The average molecular weight is 203 g/mol. The number of rotatable bonds is 2. The zero-order valence-electron chi connectivity index (χ0n) is 8.10. The van der Waals surface area contributed by atoms with E-state index in [1.807, 2.05) is 6.07 Å². The van der Waals surface area contributed by atoms with Crippen molar-refractivity contribution >= 4 is 16.5 Å². The van der Waals surface area contributed by atoms with Crippen molar-refractivity contribution in [2.75, 3.05) is 7.11 Å². The summed E-state index contributed by atoms with van der Waals surface area (Å²) in [5.41, 5.74) is 0.0377. The number of fused-ring (bicyclic) bond motifs is 1. The van der Waals surface area contributed by atoms with Crippen LogP contribution in [0.2, 0.25) is 0 Å². The second kappa shape index (κ2) is 3.57. The topological polar surface area (TPSA) is 58.9 Å². The van der Waals surface area contributed by atoms with Gasteiger partial charge in [-0.1, -0.05) is 12.1 Å². The van der Waals surface area contributed by atoms with Crippen LogP contribution in [0.15, 0.2) is 35.5 Å². The number of aromatic hydroxyl groups is 1. The van der Waals surface area contributed by atoms with E-state index in [9.17, 15) is 10.0 Å². The minimum atomic E-state index is -0.110. The number of benzene rings is 2. The maximum atomic E-state index is 10.4. The fraction of sp³-hybridized carbons (Fsp3) is 0.0909. The van der Waals surface area contributed by atoms with Gasteiger partial charge in [-0.15, -0.1) is 4.91 Å². The number of phenolic OH excluding ortho intramolecular Hbond substituents is 1. The molecule has 4 heteroatoms. The van der Waals surface area contributed by atoms with Crippen LogP contribution in [0.25, 0.3) is 10.8 Å². The Kier molecular flexibility index (Phi) is 2.25. The van der Waals surface area contributed by atoms with Crippen LogP contribution in [0.4, 0.5) is 5.69 Å². The standard InChI is InChI=1S/C11H9NO3/c1-15-8-4-2-7-3-5-10(12-14)11(13)9(7)6-8/h2-6,13H,1H3. The summed E-state index contributed by atoms with van der Waals surface area (Å²) in [6.07, 6.45) is 0. The molecule has 0 saturated heterocycles. The SMILES string of the molecule is COc1ccc2ccc(N=O)c(O)c2c1. The number of hydrogen-bond acceptors (Lipinski definition) is 4. The maximum absolute atomic E-state index is 10.4. The summed E-state index contributed by atoms with van der Waals surface area (Å²) < 4.78 is 5.03. The molecule has 2 aromatic carbocycles. The van der Waals surface area contributed by atoms with Gasteiger partial charge in [-0.3, -0.25) is 0 Å². The monoisotopic (exact) mass is 203 g/mol. The lowest BCUT2D eigenvalue weighted by Crippen LogP contribution is -1.82. The molecule has 0 fully saturated rings. The molecule has 0 saturated carbocycles. The molecular formula is C11H9NO3. The van der Waals surface area contributed by atoms with Gasteiger partial charge in [0.25, 0.3) is 0 Å². The smallest absolute Gasteiger partial charge is 0.152 e. The fourth-order valence-corrected chi connectivity index (χ4v) is 1.47. The van der Waals surface area contributed by atoms with Gasteiger partial charge in [0, 0.05) is 5.39 Å². The van der Waals surface area contributed by atoms with Gasteiger partial charge in [0.15, 0.2) is 5.75 Å². The molecule has 0 unspecified atom stereocenters. The number of phenols is 1. The van der Waals surface area contributed by atoms with Crippen LogP contribution in [0, 0.1) is 4.91 Å². The van der Waals surface area contributed by atoms with E-state index in [0.29, 0.717) is 11.1 Å². The van der Waals surface area contributed by atoms with Crippen LogP contribution < -0.4 is 4.74 Å². The van der Waals surface area contributed by atoms with Crippen molar-refractivity contribution in [2.45, 2.75) is 0 Å². The normalized spacial score (nSPS) is 10.2. The van der Waals surface area contributed by atoms with Crippen molar-refractivity contribution in [1.29, 1.82) is 0 Å². The summed E-state index contributed by atoms with van der Waals surface area (Å²) in [7, 11) is 1.54. The second-order valence-electron chi connectivity index (χ2n) is 3.11. The Bertz CT molecular complexity index is 522. The molecule has 0 radical (unpaired) electrons. The lowest BCUT2D eigenvalue weighted by molar-refractivity contribution is 0.415. The zero-order valence-corrected chi connectivity index (χ0v) is 8.10. The lowest BCUT2D eigenvalue weighted by Gasteiger charge is -2.04. The lowest BCUT2D eigenvalue weighted by atomic mass is 10.1. The highest BCUT2D eigenvalue weighted by atomic mass is 16.5. The third-order valence-corrected chi connectivity index (χ3v) is 2.28. The molecule has 4 nitrogen and oxygen atoms in total. The van der Waals surface area contributed by atoms with Gasteiger partial charge < -0.3 is 9.84 Å². The number of hydrogen-bond donors (Lipinski definition) is 1. The zero-order chi connectivity index (χ0) is 10.8. The van der Waals surface area contributed by atoms with E-state index in [0.717, 1.165) is 5.39 Å². The number of methoxy groups -OCH3 is 1. The van der Waals surface area contributed by atoms with Crippen LogP contribution in [0.3, 0.4) is 0 Å².